The molecule has 1 N–H and O–H groups in total. The number of hydrogen-bond donors (Lipinski definition) is 1. The van der Waals surface area contributed by atoms with Crippen molar-refractivity contribution in [2.45, 2.75) is 6.04 Å². The fourth-order valence-corrected chi connectivity index (χ4v) is 3.41. The number of nitrogens with one attached hydrogen (secondary N) is 1. The van der Waals surface area contributed by atoms with Gasteiger partial charge in [-0.25, -0.2) is 0 Å². The first-order valence-electron chi connectivity index (χ1n) is 9.31. The summed E-state index contributed by atoms with van der Waals surface area (Å²) in [5.74, 6) is -0.267. The summed E-state index contributed by atoms with van der Waals surface area (Å²) in [5.41, 5.74) is 1.47. The van der Waals surface area contributed by atoms with E-state index in [2.05, 4.69) is 22.3 Å². The second kappa shape index (κ2) is 10.2. The Bertz CT molecular complexity index is 883. The van der Waals surface area contributed by atoms with Gasteiger partial charge in [0, 0.05) is 31.8 Å². The highest BCUT2D eigenvalue weighted by Gasteiger charge is 2.22. The fraction of sp³-hybridized carbons (Fsp3) is 0.286. The molecule has 3 rings (SSSR count). The van der Waals surface area contributed by atoms with Crippen molar-refractivity contribution in [3.05, 3.63) is 80.9 Å². The van der Waals surface area contributed by atoms with Gasteiger partial charge in [-0.3, -0.25) is 19.8 Å². The predicted octanol–water partition coefficient (Wildman–Crippen LogP) is 3.45. The molecule has 1 aliphatic heterocycles. The molecule has 2 aromatic rings. The Morgan fingerprint density at radius 3 is 2.66 bits per heavy atom. The predicted molar refractivity (Wildman–Crippen MR) is 112 cm³/mol. The minimum absolute atomic E-state index is 0.0501. The van der Waals surface area contributed by atoms with Crippen LogP contribution in [-0.2, 0) is 9.53 Å². The number of rotatable bonds is 7. The lowest BCUT2D eigenvalue weighted by Crippen LogP contribution is -2.43. The van der Waals surface area contributed by atoms with Gasteiger partial charge in [-0.2, -0.15) is 0 Å². The number of carbonyl (C=O) groups excluding carboxylic acids is 1. The minimum atomic E-state index is -0.549. The molecule has 1 amide bonds. The Labute approximate surface area is 174 Å². The van der Waals surface area contributed by atoms with Crippen molar-refractivity contribution in [1.29, 1.82) is 0 Å². The number of nitro groups is 1. The summed E-state index contributed by atoms with van der Waals surface area (Å²) in [4.78, 5) is 25.0. The van der Waals surface area contributed by atoms with Crippen LogP contribution in [0, 0.1) is 10.1 Å². The van der Waals surface area contributed by atoms with Crippen molar-refractivity contribution in [2.75, 3.05) is 32.8 Å². The Hall–Kier alpha value is -2.74. The third-order valence-electron chi connectivity index (χ3n) is 4.73. The minimum Gasteiger partial charge on any atom is -0.379 e. The molecule has 0 radical (unpaired) electrons. The summed E-state index contributed by atoms with van der Waals surface area (Å²) in [6.07, 6.45) is 2.90. The van der Waals surface area contributed by atoms with Crippen LogP contribution in [0.3, 0.4) is 0 Å². The van der Waals surface area contributed by atoms with Crippen LogP contribution >= 0.6 is 11.6 Å². The highest BCUT2D eigenvalue weighted by molar-refractivity contribution is 6.32. The number of nitrogens with zero attached hydrogens (tertiary/aromatic N) is 2. The lowest BCUT2D eigenvalue weighted by atomic mass is 10.0. The number of halogens is 1. The molecular weight excluding hydrogens is 394 g/mol. The topological polar surface area (TPSA) is 84.7 Å². The zero-order valence-electron chi connectivity index (χ0n) is 15.8. The molecule has 0 aliphatic carbocycles. The van der Waals surface area contributed by atoms with Crippen molar-refractivity contribution in [3.8, 4) is 0 Å². The summed E-state index contributed by atoms with van der Waals surface area (Å²) in [7, 11) is 0. The number of morpholine rings is 1. The molecule has 1 saturated heterocycles. The molecule has 0 aromatic heterocycles. The van der Waals surface area contributed by atoms with E-state index in [-0.39, 0.29) is 22.7 Å². The Morgan fingerprint density at radius 2 is 1.97 bits per heavy atom. The van der Waals surface area contributed by atoms with Gasteiger partial charge in [0.25, 0.3) is 5.69 Å². The standard InChI is InChI=1S/C21H22ClN3O4/c22-18-8-6-16(14-19(18)25(27)28)7-9-21(26)23-15-20(17-4-2-1-3-5-17)24-10-12-29-13-11-24/h1-9,14,20H,10-13,15H2,(H,23,26)/b9-7+. The van der Waals surface area contributed by atoms with Crippen LogP contribution in [0.4, 0.5) is 5.69 Å². The van der Waals surface area contributed by atoms with Crippen LogP contribution in [-0.4, -0.2) is 48.6 Å². The summed E-state index contributed by atoms with van der Waals surface area (Å²) in [6, 6.07) is 14.5. The van der Waals surface area contributed by atoms with Crippen LogP contribution < -0.4 is 5.32 Å². The summed E-state index contributed by atoms with van der Waals surface area (Å²) < 4.78 is 5.44. The summed E-state index contributed by atoms with van der Waals surface area (Å²) in [6.45, 7) is 3.41. The molecule has 0 spiro atoms. The monoisotopic (exact) mass is 415 g/mol. The molecular formula is C21H22ClN3O4. The van der Waals surface area contributed by atoms with E-state index in [1.165, 1.54) is 24.3 Å². The first kappa shape index (κ1) is 21.0. The van der Waals surface area contributed by atoms with Gasteiger partial charge in [0.15, 0.2) is 0 Å². The second-order valence-corrected chi connectivity index (χ2v) is 7.03. The number of carbonyl (C=O) groups is 1. The zero-order valence-corrected chi connectivity index (χ0v) is 16.5. The van der Waals surface area contributed by atoms with Crippen molar-refractivity contribution >= 4 is 29.3 Å². The van der Waals surface area contributed by atoms with Gasteiger partial charge in [0.1, 0.15) is 5.02 Å². The van der Waals surface area contributed by atoms with Gasteiger partial charge in [-0.1, -0.05) is 48.0 Å². The van der Waals surface area contributed by atoms with E-state index in [9.17, 15) is 14.9 Å². The van der Waals surface area contributed by atoms with Gasteiger partial charge in [0.2, 0.25) is 5.91 Å². The van der Waals surface area contributed by atoms with Gasteiger partial charge < -0.3 is 10.1 Å². The van der Waals surface area contributed by atoms with Crippen molar-refractivity contribution in [1.82, 2.24) is 10.2 Å². The van der Waals surface area contributed by atoms with Crippen molar-refractivity contribution < 1.29 is 14.5 Å². The first-order valence-corrected chi connectivity index (χ1v) is 9.69. The smallest absolute Gasteiger partial charge is 0.288 e. The van der Waals surface area contributed by atoms with E-state index in [1.54, 1.807) is 6.07 Å². The maximum atomic E-state index is 12.3. The molecule has 29 heavy (non-hydrogen) atoms. The molecule has 2 aromatic carbocycles. The third kappa shape index (κ3) is 5.87. The number of amides is 1. The molecule has 1 unspecified atom stereocenters. The van der Waals surface area contributed by atoms with E-state index < -0.39 is 4.92 Å². The first-order chi connectivity index (χ1) is 14.0. The maximum Gasteiger partial charge on any atom is 0.288 e. The fourth-order valence-electron chi connectivity index (χ4n) is 3.22. The average Bonchev–Trinajstić information content (AvgIpc) is 2.74. The van der Waals surface area contributed by atoms with E-state index in [1.807, 2.05) is 18.2 Å². The molecule has 0 saturated carbocycles. The SMILES string of the molecule is O=C(/C=C/c1ccc(Cl)c([N+](=O)[O-])c1)NCC(c1ccccc1)N1CCOCC1. The Kier molecular flexibility index (Phi) is 7.35. The van der Waals surface area contributed by atoms with E-state index in [4.69, 9.17) is 16.3 Å². The second-order valence-electron chi connectivity index (χ2n) is 6.62. The third-order valence-corrected chi connectivity index (χ3v) is 5.05. The average molecular weight is 416 g/mol. The molecule has 0 bridgehead atoms. The summed E-state index contributed by atoms with van der Waals surface area (Å²) >= 11 is 5.81. The highest BCUT2D eigenvalue weighted by atomic mass is 35.5. The number of benzene rings is 2. The Balaban J connectivity index is 1.65. The normalized spacial score (nSPS) is 15.9. The lowest BCUT2D eigenvalue weighted by molar-refractivity contribution is -0.384. The molecule has 1 heterocycles. The van der Waals surface area contributed by atoms with E-state index in [0.717, 1.165) is 18.7 Å². The van der Waals surface area contributed by atoms with Crippen LogP contribution in [0.5, 0.6) is 0 Å². The van der Waals surface area contributed by atoms with Crippen LogP contribution in [0.25, 0.3) is 6.08 Å². The highest BCUT2D eigenvalue weighted by Crippen LogP contribution is 2.25. The molecule has 8 heteroatoms. The maximum absolute atomic E-state index is 12.3. The zero-order chi connectivity index (χ0) is 20.6. The van der Waals surface area contributed by atoms with Crippen molar-refractivity contribution in [2.24, 2.45) is 0 Å². The van der Waals surface area contributed by atoms with E-state index >= 15 is 0 Å². The summed E-state index contributed by atoms with van der Waals surface area (Å²) in [5, 5.41) is 14.0. The van der Waals surface area contributed by atoms with Gasteiger partial charge in [0.05, 0.1) is 24.2 Å². The lowest BCUT2D eigenvalue weighted by Gasteiger charge is -2.34. The van der Waals surface area contributed by atoms with Crippen LogP contribution in [0.2, 0.25) is 5.02 Å². The Morgan fingerprint density at radius 1 is 1.24 bits per heavy atom. The molecule has 152 valence electrons. The van der Waals surface area contributed by atoms with Crippen molar-refractivity contribution in [3.63, 3.8) is 0 Å². The molecule has 1 atom stereocenters. The molecule has 7 nitrogen and oxygen atoms in total. The van der Waals surface area contributed by atoms with E-state index in [0.29, 0.717) is 25.3 Å². The number of nitro benzene ring substituents is 1. The number of ether oxygens (including phenoxy) is 1. The van der Waals surface area contributed by atoms with Crippen LogP contribution in [0.15, 0.2) is 54.6 Å². The van der Waals surface area contributed by atoms with Gasteiger partial charge in [-0.15, -0.1) is 0 Å². The quantitative estimate of drug-likeness (QED) is 0.425. The van der Waals surface area contributed by atoms with Crippen LogP contribution in [0.1, 0.15) is 17.2 Å². The molecule has 1 aliphatic rings. The van der Waals surface area contributed by atoms with Gasteiger partial charge >= 0.3 is 0 Å². The largest absolute Gasteiger partial charge is 0.379 e. The number of hydrogen-bond acceptors (Lipinski definition) is 5. The van der Waals surface area contributed by atoms with Gasteiger partial charge in [-0.05, 0) is 23.3 Å². The molecule has 1 fully saturated rings.